The summed E-state index contributed by atoms with van der Waals surface area (Å²) >= 11 is 26.3. The first-order valence-corrected chi connectivity index (χ1v) is 14.4. The topological polar surface area (TPSA) is 123 Å². The molecule has 0 radical (unpaired) electrons. The maximum atomic E-state index is 13.1. The van der Waals surface area contributed by atoms with Gasteiger partial charge in [0.1, 0.15) is 23.7 Å². The number of Topliss-reactive ketones (excluding diaryl/α,β-unsaturated/α-hetero) is 1. The average molecular weight is 696 g/mol. The minimum Gasteiger partial charge on any atom is -0.389 e. The normalized spacial score (nSPS) is 13.5. The molecule has 3 N–H and O–H groups in total. The molecule has 2 aromatic carbocycles. The lowest BCUT2D eigenvalue weighted by Crippen LogP contribution is -2.56. The fraction of sp³-hybridized carbons (Fsp3) is 0.346. The van der Waals surface area contributed by atoms with Gasteiger partial charge in [-0.05, 0) is 49.0 Å². The van der Waals surface area contributed by atoms with Gasteiger partial charge in [0, 0.05) is 11.6 Å². The summed E-state index contributed by atoms with van der Waals surface area (Å²) in [5, 5.41) is 8.16. The number of esters is 2. The van der Waals surface area contributed by atoms with Crippen molar-refractivity contribution >= 4 is 97.4 Å². The zero-order valence-electron chi connectivity index (χ0n) is 21.6. The molecule has 0 aromatic heterocycles. The lowest BCUT2D eigenvalue weighted by Gasteiger charge is -2.28. The van der Waals surface area contributed by atoms with Crippen LogP contribution in [0.4, 0.5) is 5.69 Å². The van der Waals surface area contributed by atoms with E-state index in [-0.39, 0.29) is 28.0 Å². The number of amides is 1. The number of rotatable bonds is 11. The van der Waals surface area contributed by atoms with E-state index in [1.807, 2.05) is 0 Å². The second-order valence-corrected chi connectivity index (χ2v) is 12.0. The number of carbonyl (C=O) groups excluding carboxylic acids is 4. The van der Waals surface area contributed by atoms with Crippen LogP contribution in [0.3, 0.4) is 0 Å². The fourth-order valence-electron chi connectivity index (χ4n) is 3.32. The van der Waals surface area contributed by atoms with E-state index in [2.05, 4.69) is 31.9 Å². The summed E-state index contributed by atoms with van der Waals surface area (Å²) in [6.45, 7) is 4.65. The third-order valence-corrected chi connectivity index (χ3v) is 6.48. The van der Waals surface area contributed by atoms with Crippen LogP contribution in [0.1, 0.15) is 42.6 Å². The minimum atomic E-state index is -1.91. The van der Waals surface area contributed by atoms with Gasteiger partial charge < -0.3 is 25.4 Å². The molecular formula is C26H27BrCl3N3O6S. The van der Waals surface area contributed by atoms with Crippen LogP contribution in [0.15, 0.2) is 54.6 Å². The maximum absolute atomic E-state index is 13.1. The van der Waals surface area contributed by atoms with Crippen molar-refractivity contribution in [3.63, 3.8) is 0 Å². The van der Waals surface area contributed by atoms with Crippen molar-refractivity contribution in [1.29, 1.82) is 0 Å². The Balaban J connectivity index is 2.11. The highest BCUT2D eigenvalue weighted by Gasteiger charge is 2.37. The zero-order chi connectivity index (χ0) is 30.0. The van der Waals surface area contributed by atoms with Crippen molar-refractivity contribution in [2.45, 2.75) is 42.8 Å². The first kappa shape index (κ1) is 33.9. The summed E-state index contributed by atoms with van der Waals surface area (Å²) in [4.78, 5) is 50.1. The number of hydrogen-bond donors (Lipinski definition) is 3. The Hall–Kier alpha value is -2.28. The van der Waals surface area contributed by atoms with Gasteiger partial charge in [0.2, 0.25) is 9.70 Å². The molecule has 0 spiro atoms. The molecule has 1 amide bonds. The first-order valence-electron chi connectivity index (χ1n) is 11.8. The molecule has 9 nitrogen and oxygen atoms in total. The van der Waals surface area contributed by atoms with Crippen molar-refractivity contribution in [3.8, 4) is 0 Å². The molecule has 0 aliphatic heterocycles. The van der Waals surface area contributed by atoms with E-state index in [4.69, 9.17) is 56.5 Å². The molecule has 0 aliphatic rings. The van der Waals surface area contributed by atoms with Gasteiger partial charge in [0.25, 0.3) is 0 Å². The SMILES string of the molecule is CC(=O)C(OCBr)C(C(=O)OC(=O)c1ccc(NC(=S)NC(NC(=O)C(C)C)C(Cl)(Cl)Cl)cc1)c1ccccc1. The highest BCUT2D eigenvalue weighted by molar-refractivity contribution is 9.09. The van der Waals surface area contributed by atoms with E-state index in [1.165, 1.54) is 31.2 Å². The number of nitrogens with one attached hydrogen (secondary N) is 3. The number of halogens is 4. The molecule has 0 saturated carbocycles. The Morgan fingerprint density at radius 3 is 2.08 bits per heavy atom. The van der Waals surface area contributed by atoms with Crippen molar-refractivity contribution in [3.05, 3.63) is 65.7 Å². The van der Waals surface area contributed by atoms with Crippen molar-refractivity contribution in [1.82, 2.24) is 10.6 Å². The molecule has 14 heteroatoms. The Labute approximate surface area is 260 Å². The Morgan fingerprint density at radius 2 is 1.57 bits per heavy atom. The fourth-order valence-corrected chi connectivity index (χ4v) is 4.17. The number of carbonyl (C=O) groups is 4. The van der Waals surface area contributed by atoms with Crippen LogP contribution in [-0.4, -0.2) is 50.3 Å². The minimum absolute atomic E-state index is 0.000501. The number of anilines is 1. The second-order valence-electron chi connectivity index (χ2n) is 8.72. The lowest BCUT2D eigenvalue weighted by molar-refractivity contribution is -0.147. The van der Waals surface area contributed by atoms with Crippen LogP contribution in [-0.2, 0) is 23.9 Å². The third-order valence-electron chi connectivity index (χ3n) is 5.34. The zero-order valence-corrected chi connectivity index (χ0v) is 26.3. The van der Waals surface area contributed by atoms with E-state index in [0.29, 0.717) is 11.3 Å². The molecule has 0 saturated heterocycles. The third kappa shape index (κ3) is 10.3. The van der Waals surface area contributed by atoms with Gasteiger partial charge in [0.05, 0.1) is 5.56 Å². The van der Waals surface area contributed by atoms with Crippen molar-refractivity contribution in [2.24, 2.45) is 5.92 Å². The number of hydrogen-bond acceptors (Lipinski definition) is 7. The van der Waals surface area contributed by atoms with Gasteiger partial charge in [-0.15, -0.1) is 0 Å². The Kier molecular flexibility index (Phi) is 13.3. The van der Waals surface area contributed by atoms with Crippen LogP contribution < -0.4 is 16.0 Å². The van der Waals surface area contributed by atoms with Gasteiger partial charge in [-0.1, -0.05) is 94.9 Å². The van der Waals surface area contributed by atoms with Gasteiger partial charge in [0.15, 0.2) is 10.9 Å². The van der Waals surface area contributed by atoms with Crippen LogP contribution in [0.2, 0.25) is 0 Å². The molecule has 0 aliphatic carbocycles. The number of alkyl halides is 4. The molecule has 0 bridgehead atoms. The molecule has 3 atom stereocenters. The summed E-state index contributed by atoms with van der Waals surface area (Å²) in [6, 6.07) is 14.3. The molecule has 0 fully saturated rings. The number of ketones is 1. The van der Waals surface area contributed by atoms with E-state index in [1.54, 1.807) is 44.2 Å². The van der Waals surface area contributed by atoms with Crippen LogP contribution >= 0.6 is 63.0 Å². The molecule has 40 heavy (non-hydrogen) atoms. The first-order chi connectivity index (χ1) is 18.7. The number of thiocarbonyl (C=S) groups is 1. The smallest absolute Gasteiger partial charge is 0.345 e. The van der Waals surface area contributed by atoms with Gasteiger partial charge in [-0.3, -0.25) is 14.4 Å². The summed E-state index contributed by atoms with van der Waals surface area (Å²) < 4.78 is 8.66. The predicted octanol–water partition coefficient (Wildman–Crippen LogP) is 5.24. The van der Waals surface area contributed by atoms with Gasteiger partial charge in [-0.2, -0.15) is 0 Å². The van der Waals surface area contributed by atoms with Crippen molar-refractivity contribution < 1.29 is 28.7 Å². The maximum Gasteiger partial charge on any atom is 0.345 e. The monoisotopic (exact) mass is 693 g/mol. The summed E-state index contributed by atoms with van der Waals surface area (Å²) in [7, 11) is 0. The van der Waals surface area contributed by atoms with Crippen molar-refractivity contribution in [2.75, 3.05) is 10.8 Å². The molecule has 2 aromatic rings. The van der Waals surface area contributed by atoms with Gasteiger partial charge >= 0.3 is 11.9 Å². The quantitative estimate of drug-likeness (QED) is 0.0954. The largest absolute Gasteiger partial charge is 0.389 e. The van der Waals surface area contributed by atoms with E-state index in [9.17, 15) is 19.2 Å². The average Bonchev–Trinajstić information content (AvgIpc) is 2.88. The van der Waals surface area contributed by atoms with Crippen LogP contribution in [0.25, 0.3) is 0 Å². The summed E-state index contributed by atoms with van der Waals surface area (Å²) in [6.07, 6.45) is -2.29. The van der Waals surface area contributed by atoms with Crippen LogP contribution in [0, 0.1) is 5.92 Å². The summed E-state index contributed by atoms with van der Waals surface area (Å²) in [5.41, 5.74) is 0.969. The highest BCUT2D eigenvalue weighted by Crippen LogP contribution is 2.29. The number of benzene rings is 2. The standard InChI is InChI=1S/C26H27BrCl3N3O6S/c1-14(2)21(35)32-24(26(28,29)30)33-25(40)31-18-11-9-17(10-12-18)22(36)39-23(37)19(16-7-5-4-6-8-16)20(15(3)34)38-13-27/h4-12,14,19-20,24H,13H2,1-3H3,(H,32,35)(H2,31,33,40). The second kappa shape index (κ2) is 15.6. The highest BCUT2D eigenvalue weighted by atomic mass is 79.9. The van der Waals surface area contributed by atoms with Crippen LogP contribution in [0.5, 0.6) is 0 Å². The van der Waals surface area contributed by atoms with E-state index in [0.717, 1.165) is 0 Å². The van der Waals surface area contributed by atoms with E-state index >= 15 is 0 Å². The Bertz CT molecular complexity index is 1210. The molecule has 2 rings (SSSR count). The number of ether oxygens (including phenoxy) is 2. The Morgan fingerprint density at radius 1 is 0.975 bits per heavy atom. The summed E-state index contributed by atoms with van der Waals surface area (Å²) in [5.74, 6) is -4.14. The molecule has 3 unspecified atom stereocenters. The molecule has 0 heterocycles. The predicted molar refractivity (Wildman–Crippen MR) is 162 cm³/mol. The molecule has 216 valence electrons. The molecular weight excluding hydrogens is 669 g/mol. The van der Waals surface area contributed by atoms with Gasteiger partial charge in [-0.25, -0.2) is 4.79 Å². The van der Waals surface area contributed by atoms with E-state index < -0.39 is 39.7 Å². The lowest BCUT2D eigenvalue weighted by atomic mass is 9.91.